The first-order valence-corrected chi connectivity index (χ1v) is 7.79. The third-order valence-corrected chi connectivity index (χ3v) is 3.81. The third-order valence-electron chi connectivity index (χ3n) is 3.37. The molecule has 2 aromatic carbocycles. The predicted molar refractivity (Wildman–Crippen MR) is 87.7 cm³/mol. The molecule has 0 spiro atoms. The molecule has 1 N–H and O–H groups in total. The second-order valence-corrected chi connectivity index (χ2v) is 5.43. The molecule has 6 heteroatoms. The van der Waals surface area contributed by atoms with Crippen LogP contribution in [0.3, 0.4) is 0 Å². The van der Waals surface area contributed by atoms with Crippen LogP contribution in [0.25, 0.3) is 22.0 Å². The van der Waals surface area contributed by atoms with Crippen molar-refractivity contribution in [3.8, 4) is 16.9 Å². The minimum Gasteiger partial charge on any atom is -0.497 e. The quantitative estimate of drug-likeness (QED) is 0.727. The van der Waals surface area contributed by atoms with E-state index < -0.39 is 10.9 Å². The van der Waals surface area contributed by atoms with Gasteiger partial charge < -0.3 is 4.74 Å². The van der Waals surface area contributed by atoms with Crippen molar-refractivity contribution in [2.24, 2.45) is 0 Å². The molecule has 22 heavy (non-hydrogen) atoms. The molecule has 0 aliphatic carbocycles. The number of benzene rings is 2. The molecular weight excluding hydrogens is 300 g/mol. The van der Waals surface area contributed by atoms with Crippen molar-refractivity contribution < 1.29 is 13.2 Å². The standard InChI is InChI=1S/C16H14N2O3S/c1-21-13-6-7-15-14(8-9-17-16(15)10-13)11-2-4-12(5-3-11)18-22(19)20/h2-10,22H,1H3,(H,18,19,20). The van der Waals surface area contributed by atoms with E-state index in [0.29, 0.717) is 5.69 Å². The lowest BCUT2D eigenvalue weighted by molar-refractivity contribution is 0.415. The van der Waals surface area contributed by atoms with Crippen molar-refractivity contribution in [3.63, 3.8) is 0 Å². The summed E-state index contributed by atoms with van der Waals surface area (Å²) in [5.74, 6) is 0.760. The number of nitrogens with one attached hydrogen (secondary N) is 1. The Morgan fingerprint density at radius 3 is 2.50 bits per heavy atom. The van der Waals surface area contributed by atoms with Crippen molar-refractivity contribution >= 4 is 27.5 Å². The summed E-state index contributed by atoms with van der Waals surface area (Å²) in [6.45, 7) is 0. The van der Waals surface area contributed by atoms with Gasteiger partial charge in [-0.2, -0.15) is 0 Å². The summed E-state index contributed by atoms with van der Waals surface area (Å²) < 4.78 is 28.9. The number of fused-ring (bicyclic) bond motifs is 1. The van der Waals surface area contributed by atoms with E-state index in [4.69, 9.17) is 4.74 Å². The lowest BCUT2D eigenvalue weighted by atomic mass is 10.0. The zero-order valence-electron chi connectivity index (χ0n) is 11.8. The largest absolute Gasteiger partial charge is 0.497 e. The molecule has 112 valence electrons. The van der Waals surface area contributed by atoms with Crippen molar-refractivity contribution in [2.75, 3.05) is 11.8 Å². The summed E-state index contributed by atoms with van der Waals surface area (Å²) in [7, 11) is -1.03. The Bertz CT molecular complexity index is 882. The lowest BCUT2D eigenvalue weighted by Crippen LogP contribution is -1.94. The van der Waals surface area contributed by atoms with E-state index in [1.807, 2.05) is 36.4 Å². The van der Waals surface area contributed by atoms with E-state index >= 15 is 0 Å². The molecule has 5 nitrogen and oxygen atoms in total. The molecule has 1 heterocycles. The maximum atomic E-state index is 10.7. The van der Waals surface area contributed by atoms with Crippen molar-refractivity contribution in [2.45, 2.75) is 0 Å². The summed E-state index contributed by atoms with van der Waals surface area (Å²) in [5.41, 5.74) is 3.41. The van der Waals surface area contributed by atoms with Crippen LogP contribution >= 0.6 is 0 Å². The highest BCUT2D eigenvalue weighted by Crippen LogP contribution is 2.30. The first kappa shape index (κ1) is 14.3. The second kappa shape index (κ2) is 6.03. The van der Waals surface area contributed by atoms with E-state index in [1.165, 1.54) is 0 Å². The fraction of sp³-hybridized carbons (Fsp3) is 0.0625. The van der Waals surface area contributed by atoms with Crippen molar-refractivity contribution in [1.29, 1.82) is 0 Å². The van der Waals surface area contributed by atoms with Gasteiger partial charge >= 0.3 is 0 Å². The topological polar surface area (TPSA) is 68.3 Å². The van der Waals surface area contributed by atoms with Gasteiger partial charge in [0.25, 0.3) is 0 Å². The zero-order chi connectivity index (χ0) is 15.5. The van der Waals surface area contributed by atoms with Crippen molar-refractivity contribution in [1.82, 2.24) is 4.98 Å². The predicted octanol–water partition coefficient (Wildman–Crippen LogP) is 2.85. The van der Waals surface area contributed by atoms with Gasteiger partial charge in [0.1, 0.15) is 5.75 Å². The smallest absolute Gasteiger partial charge is 0.222 e. The number of ether oxygens (including phenoxy) is 1. The molecule has 0 saturated heterocycles. The Hall–Kier alpha value is -2.60. The van der Waals surface area contributed by atoms with Gasteiger partial charge in [0.2, 0.25) is 10.9 Å². The number of aromatic nitrogens is 1. The average Bonchev–Trinajstić information content (AvgIpc) is 2.54. The SMILES string of the molecule is COc1ccc2c(-c3ccc(N[SH](=O)=O)cc3)ccnc2c1. The molecule has 1 aromatic heterocycles. The molecule has 3 rings (SSSR count). The summed E-state index contributed by atoms with van der Waals surface area (Å²) >= 11 is 0. The minimum atomic E-state index is -2.65. The third kappa shape index (κ3) is 2.87. The Kier molecular flexibility index (Phi) is 3.93. The summed E-state index contributed by atoms with van der Waals surface area (Å²) in [5, 5.41) is 1.01. The number of thiol groups is 1. The van der Waals surface area contributed by atoms with Crippen LogP contribution in [0.4, 0.5) is 5.69 Å². The molecule has 0 bridgehead atoms. The van der Waals surface area contributed by atoms with Gasteiger partial charge in [0, 0.05) is 23.3 Å². The fourth-order valence-corrected chi connectivity index (χ4v) is 2.70. The molecule has 0 amide bonds. The summed E-state index contributed by atoms with van der Waals surface area (Å²) in [4.78, 5) is 4.36. The van der Waals surface area contributed by atoms with E-state index in [-0.39, 0.29) is 0 Å². The number of methoxy groups -OCH3 is 1. The minimum absolute atomic E-state index is 0.542. The molecule has 0 saturated carbocycles. The maximum Gasteiger partial charge on any atom is 0.222 e. The molecular formula is C16H14N2O3S. The van der Waals surface area contributed by atoms with Crippen LogP contribution in [0, 0.1) is 0 Å². The van der Waals surface area contributed by atoms with E-state index in [0.717, 1.165) is 27.8 Å². The van der Waals surface area contributed by atoms with Crippen LogP contribution in [0.5, 0.6) is 5.75 Å². The molecule has 3 aromatic rings. The van der Waals surface area contributed by atoms with Gasteiger partial charge in [-0.15, -0.1) is 0 Å². The Morgan fingerprint density at radius 1 is 1.05 bits per heavy atom. The number of anilines is 1. The number of rotatable bonds is 4. The molecule has 0 radical (unpaired) electrons. The number of nitrogens with zero attached hydrogens (tertiary/aromatic N) is 1. The first-order valence-electron chi connectivity index (χ1n) is 6.61. The Balaban J connectivity index is 2.06. The van der Waals surface area contributed by atoms with Gasteiger partial charge in [-0.05, 0) is 41.5 Å². The molecule has 0 aliphatic rings. The average molecular weight is 314 g/mol. The van der Waals surface area contributed by atoms with Crippen LogP contribution < -0.4 is 9.46 Å². The van der Waals surface area contributed by atoms with Crippen LogP contribution in [0.2, 0.25) is 0 Å². The normalized spacial score (nSPS) is 10.8. The Labute approximate surface area is 129 Å². The fourth-order valence-electron chi connectivity index (χ4n) is 2.34. The highest BCUT2D eigenvalue weighted by molar-refractivity contribution is 7.73. The van der Waals surface area contributed by atoms with Gasteiger partial charge in [-0.1, -0.05) is 12.1 Å². The number of hydrogen-bond acceptors (Lipinski definition) is 4. The highest BCUT2D eigenvalue weighted by Gasteiger charge is 2.06. The highest BCUT2D eigenvalue weighted by atomic mass is 32.2. The van der Waals surface area contributed by atoms with Crippen LogP contribution in [-0.2, 0) is 10.9 Å². The lowest BCUT2D eigenvalue weighted by Gasteiger charge is -2.08. The van der Waals surface area contributed by atoms with Crippen LogP contribution in [0.1, 0.15) is 0 Å². The summed E-state index contributed by atoms with van der Waals surface area (Å²) in [6, 6.07) is 14.9. The maximum absolute atomic E-state index is 10.7. The molecule has 0 fully saturated rings. The first-order chi connectivity index (χ1) is 10.7. The van der Waals surface area contributed by atoms with Gasteiger partial charge in [0.05, 0.1) is 12.6 Å². The summed E-state index contributed by atoms with van der Waals surface area (Å²) in [6.07, 6.45) is 1.75. The van der Waals surface area contributed by atoms with E-state index in [2.05, 4.69) is 9.71 Å². The van der Waals surface area contributed by atoms with Gasteiger partial charge in [-0.25, -0.2) is 8.42 Å². The van der Waals surface area contributed by atoms with Crippen LogP contribution in [0.15, 0.2) is 54.7 Å². The van der Waals surface area contributed by atoms with Crippen LogP contribution in [-0.4, -0.2) is 20.5 Å². The number of hydrogen-bond donors (Lipinski definition) is 2. The van der Waals surface area contributed by atoms with E-state index in [9.17, 15) is 8.42 Å². The molecule has 0 aliphatic heterocycles. The monoisotopic (exact) mass is 314 g/mol. The number of pyridine rings is 1. The van der Waals surface area contributed by atoms with E-state index in [1.54, 1.807) is 25.4 Å². The second-order valence-electron chi connectivity index (χ2n) is 4.69. The van der Waals surface area contributed by atoms with Gasteiger partial charge in [0.15, 0.2) is 0 Å². The molecule has 0 unspecified atom stereocenters. The Morgan fingerprint density at radius 2 is 1.82 bits per heavy atom. The van der Waals surface area contributed by atoms with Crippen molar-refractivity contribution in [3.05, 3.63) is 54.7 Å². The van der Waals surface area contributed by atoms with Gasteiger partial charge in [-0.3, -0.25) is 9.71 Å². The zero-order valence-corrected chi connectivity index (χ0v) is 12.7. The molecule has 0 atom stereocenters.